The zero-order valence-electron chi connectivity index (χ0n) is 15.0. The molecule has 1 aliphatic carbocycles. The van der Waals surface area contributed by atoms with Crippen LogP contribution in [0, 0.1) is 11.3 Å². The highest BCUT2D eigenvalue weighted by molar-refractivity contribution is 14.0. The van der Waals surface area contributed by atoms with Gasteiger partial charge in [-0.15, -0.1) is 24.0 Å². The van der Waals surface area contributed by atoms with Crippen LogP contribution < -0.4 is 10.6 Å². The minimum Gasteiger partial charge on any atom is -0.379 e. The number of nitrogens with one attached hydrogen (secondary N) is 2. The van der Waals surface area contributed by atoms with E-state index >= 15 is 0 Å². The highest BCUT2D eigenvalue weighted by atomic mass is 127. The Morgan fingerprint density at radius 3 is 2.83 bits per heavy atom. The van der Waals surface area contributed by atoms with Gasteiger partial charge in [0, 0.05) is 50.8 Å². The lowest BCUT2D eigenvalue weighted by atomic mass is 9.57. The fraction of sp³-hybridized carbons (Fsp3) is 0.941. The molecule has 4 unspecified atom stereocenters. The first-order valence-corrected chi connectivity index (χ1v) is 8.91. The van der Waals surface area contributed by atoms with Crippen molar-refractivity contribution in [1.82, 2.24) is 10.6 Å². The third-order valence-electron chi connectivity index (χ3n) is 5.47. The Hall–Kier alpha value is -0.120. The van der Waals surface area contributed by atoms with Gasteiger partial charge in [0.25, 0.3) is 0 Å². The fourth-order valence-electron chi connectivity index (χ4n) is 4.13. The second-order valence-electron chi connectivity index (χ2n) is 7.40. The van der Waals surface area contributed by atoms with Crippen LogP contribution in [0.1, 0.15) is 33.1 Å². The van der Waals surface area contributed by atoms with Crippen molar-refractivity contribution in [2.24, 2.45) is 16.3 Å². The van der Waals surface area contributed by atoms with E-state index in [1.807, 2.05) is 7.05 Å². The number of halogens is 1. The minimum absolute atomic E-state index is 0. The molecule has 2 heterocycles. The molecule has 1 saturated carbocycles. The lowest BCUT2D eigenvalue weighted by Crippen LogP contribution is -2.68. The summed E-state index contributed by atoms with van der Waals surface area (Å²) in [6.45, 7) is 8.67. The Morgan fingerprint density at radius 2 is 2.12 bits per heavy atom. The third kappa shape index (κ3) is 4.34. The summed E-state index contributed by atoms with van der Waals surface area (Å²) in [5.41, 5.74) is 0.171. The first-order chi connectivity index (χ1) is 11.1. The first kappa shape index (κ1) is 20.2. The summed E-state index contributed by atoms with van der Waals surface area (Å²) in [6, 6.07) is 0.438. The van der Waals surface area contributed by atoms with Gasteiger partial charge in [-0.05, 0) is 19.3 Å². The number of guanidine groups is 1. The number of hydrogen-bond acceptors (Lipinski definition) is 4. The van der Waals surface area contributed by atoms with Gasteiger partial charge in [-0.2, -0.15) is 0 Å². The molecule has 140 valence electrons. The van der Waals surface area contributed by atoms with Crippen LogP contribution in [0.4, 0.5) is 0 Å². The predicted octanol–water partition coefficient (Wildman–Crippen LogP) is 1.78. The molecule has 7 heteroatoms. The molecule has 0 spiro atoms. The van der Waals surface area contributed by atoms with Crippen LogP contribution in [0.2, 0.25) is 0 Å². The highest BCUT2D eigenvalue weighted by Gasteiger charge is 2.59. The molecule has 0 aromatic heterocycles. The van der Waals surface area contributed by atoms with E-state index in [4.69, 9.17) is 14.2 Å². The molecule has 2 aliphatic heterocycles. The number of hydrogen-bond donors (Lipinski definition) is 2. The fourth-order valence-corrected chi connectivity index (χ4v) is 4.13. The summed E-state index contributed by atoms with van der Waals surface area (Å²) in [5, 5.41) is 6.99. The maximum atomic E-state index is 5.85. The normalized spacial score (nSPS) is 34.2. The highest BCUT2D eigenvalue weighted by Crippen LogP contribution is 2.52. The lowest BCUT2D eigenvalue weighted by molar-refractivity contribution is -0.106. The van der Waals surface area contributed by atoms with Gasteiger partial charge in [0.1, 0.15) is 0 Å². The van der Waals surface area contributed by atoms with E-state index in [9.17, 15) is 0 Å². The smallest absolute Gasteiger partial charge is 0.191 e. The molecular weight excluding hydrogens is 421 g/mol. The van der Waals surface area contributed by atoms with Crippen molar-refractivity contribution in [1.29, 1.82) is 0 Å². The monoisotopic (exact) mass is 453 g/mol. The average molecular weight is 453 g/mol. The van der Waals surface area contributed by atoms with Crippen LogP contribution in [0.5, 0.6) is 0 Å². The number of ether oxygens (including phenoxy) is 3. The summed E-state index contributed by atoms with van der Waals surface area (Å²) in [5.74, 6) is 1.51. The average Bonchev–Trinajstić information content (AvgIpc) is 3.20. The van der Waals surface area contributed by atoms with Gasteiger partial charge in [-0.3, -0.25) is 4.99 Å². The zero-order valence-corrected chi connectivity index (χ0v) is 17.4. The summed E-state index contributed by atoms with van der Waals surface area (Å²) in [4.78, 5) is 4.36. The van der Waals surface area contributed by atoms with Gasteiger partial charge in [0.15, 0.2) is 5.96 Å². The summed E-state index contributed by atoms with van der Waals surface area (Å²) in [7, 11) is 1.83. The number of nitrogens with zero attached hydrogens (tertiary/aromatic N) is 1. The van der Waals surface area contributed by atoms with Crippen molar-refractivity contribution < 1.29 is 14.2 Å². The van der Waals surface area contributed by atoms with Gasteiger partial charge in [0.05, 0.1) is 18.8 Å². The van der Waals surface area contributed by atoms with Crippen molar-refractivity contribution in [3.8, 4) is 0 Å². The number of fused-ring (bicyclic) bond motifs is 1. The molecule has 0 aromatic carbocycles. The minimum atomic E-state index is 0. The maximum absolute atomic E-state index is 5.85. The van der Waals surface area contributed by atoms with Crippen LogP contribution >= 0.6 is 24.0 Å². The maximum Gasteiger partial charge on any atom is 0.191 e. The summed E-state index contributed by atoms with van der Waals surface area (Å²) < 4.78 is 16.9. The molecule has 0 radical (unpaired) electrons. The quantitative estimate of drug-likeness (QED) is 0.278. The molecule has 0 aromatic rings. The molecule has 6 nitrogen and oxygen atoms in total. The third-order valence-corrected chi connectivity index (χ3v) is 5.47. The second kappa shape index (κ2) is 9.00. The molecule has 24 heavy (non-hydrogen) atoms. The van der Waals surface area contributed by atoms with E-state index in [0.717, 1.165) is 58.2 Å². The van der Waals surface area contributed by atoms with E-state index in [-0.39, 0.29) is 29.4 Å². The Morgan fingerprint density at radius 1 is 1.29 bits per heavy atom. The van der Waals surface area contributed by atoms with Crippen molar-refractivity contribution >= 4 is 29.9 Å². The van der Waals surface area contributed by atoms with Gasteiger partial charge in [0.2, 0.25) is 0 Å². The topological polar surface area (TPSA) is 64.1 Å². The molecule has 3 aliphatic rings. The largest absolute Gasteiger partial charge is 0.379 e. The van der Waals surface area contributed by atoms with Crippen molar-refractivity contribution in [3.63, 3.8) is 0 Å². The zero-order chi connectivity index (χ0) is 16.3. The van der Waals surface area contributed by atoms with Gasteiger partial charge < -0.3 is 24.8 Å². The number of aliphatic imine (C=N–C) groups is 1. The molecular formula is C17H32IN3O3. The summed E-state index contributed by atoms with van der Waals surface area (Å²) in [6.07, 6.45) is 3.85. The van der Waals surface area contributed by atoms with Crippen molar-refractivity contribution in [2.45, 2.75) is 51.4 Å². The standard InChI is InChI=1S/C17H31N3O3.HI/c1-17(2)14(13-6-10-23-15(13)17)20-16(18-3)19-7-4-8-22-12-5-9-21-11-12;/h12-15H,4-11H2,1-3H3,(H2,18,19,20);1H. The molecule has 2 saturated heterocycles. The second-order valence-corrected chi connectivity index (χ2v) is 7.40. The predicted molar refractivity (Wildman–Crippen MR) is 105 cm³/mol. The van der Waals surface area contributed by atoms with E-state index in [0.29, 0.717) is 24.2 Å². The van der Waals surface area contributed by atoms with Gasteiger partial charge >= 0.3 is 0 Å². The van der Waals surface area contributed by atoms with Crippen LogP contribution in [0.25, 0.3) is 0 Å². The molecule has 0 bridgehead atoms. The van der Waals surface area contributed by atoms with E-state index in [2.05, 4.69) is 29.5 Å². The Labute approximate surface area is 162 Å². The van der Waals surface area contributed by atoms with Crippen LogP contribution in [0.15, 0.2) is 4.99 Å². The van der Waals surface area contributed by atoms with Crippen LogP contribution in [-0.2, 0) is 14.2 Å². The number of rotatable bonds is 6. The lowest BCUT2D eigenvalue weighted by Gasteiger charge is -2.54. The van der Waals surface area contributed by atoms with Crippen LogP contribution in [-0.4, -0.2) is 64.2 Å². The van der Waals surface area contributed by atoms with Gasteiger partial charge in [-0.1, -0.05) is 13.8 Å². The Bertz CT molecular complexity index is 427. The SMILES string of the molecule is CN=C(NCCCOC1CCOC1)NC1C2CCOC2C1(C)C.I. The Kier molecular flexibility index (Phi) is 7.58. The van der Waals surface area contributed by atoms with E-state index < -0.39 is 0 Å². The Balaban J connectivity index is 0.00000208. The molecule has 3 fully saturated rings. The molecule has 3 rings (SSSR count). The van der Waals surface area contributed by atoms with E-state index in [1.165, 1.54) is 0 Å². The molecule has 4 atom stereocenters. The van der Waals surface area contributed by atoms with Gasteiger partial charge in [-0.25, -0.2) is 0 Å². The van der Waals surface area contributed by atoms with Crippen molar-refractivity contribution in [2.75, 3.05) is 40.0 Å². The molecule has 2 N–H and O–H groups in total. The van der Waals surface area contributed by atoms with E-state index in [1.54, 1.807) is 0 Å². The molecule has 0 amide bonds. The summed E-state index contributed by atoms with van der Waals surface area (Å²) >= 11 is 0. The first-order valence-electron chi connectivity index (χ1n) is 8.91. The van der Waals surface area contributed by atoms with Crippen molar-refractivity contribution in [3.05, 3.63) is 0 Å². The van der Waals surface area contributed by atoms with Crippen LogP contribution in [0.3, 0.4) is 0 Å².